The summed E-state index contributed by atoms with van der Waals surface area (Å²) in [5.41, 5.74) is 1.22. The van der Waals surface area contributed by atoms with Crippen molar-refractivity contribution >= 4 is 26.5 Å². The van der Waals surface area contributed by atoms with Crippen LogP contribution in [0.4, 0.5) is 4.39 Å². The molecule has 0 aromatic heterocycles. The summed E-state index contributed by atoms with van der Waals surface area (Å²) in [5, 5.41) is 6.28. The van der Waals surface area contributed by atoms with Crippen LogP contribution < -0.4 is 0 Å². The minimum absolute atomic E-state index is 0.120. The van der Waals surface area contributed by atoms with Crippen molar-refractivity contribution in [3.63, 3.8) is 0 Å². The Balaban J connectivity index is 1.71. The first-order valence-electron chi connectivity index (χ1n) is 9.84. The van der Waals surface area contributed by atoms with Crippen LogP contribution in [0.5, 0.6) is 0 Å². The molecule has 150 valence electrons. The Morgan fingerprint density at radius 3 is 2.52 bits per heavy atom. The van der Waals surface area contributed by atoms with E-state index in [4.69, 9.17) is 0 Å². The molecule has 0 fully saturated rings. The van der Waals surface area contributed by atoms with E-state index in [9.17, 15) is 12.8 Å². The van der Waals surface area contributed by atoms with Gasteiger partial charge in [0, 0.05) is 11.6 Å². The van der Waals surface area contributed by atoms with Crippen molar-refractivity contribution in [2.45, 2.75) is 37.0 Å². The van der Waals surface area contributed by atoms with Gasteiger partial charge in [-0.1, -0.05) is 61.9 Å². The topological polar surface area (TPSA) is 49.7 Å². The summed E-state index contributed by atoms with van der Waals surface area (Å²) in [7, 11) is -3.82. The summed E-state index contributed by atoms with van der Waals surface area (Å²) >= 11 is 0. The second-order valence-corrected chi connectivity index (χ2v) is 9.13. The molecule has 1 aliphatic heterocycles. The number of hydrazone groups is 1. The van der Waals surface area contributed by atoms with Crippen LogP contribution in [0.2, 0.25) is 0 Å². The minimum Gasteiger partial charge on any atom is -0.207 e. The second-order valence-electron chi connectivity index (χ2n) is 7.29. The number of hydrogen-bond acceptors (Lipinski definition) is 3. The molecular weight excluding hydrogens is 387 g/mol. The van der Waals surface area contributed by atoms with Gasteiger partial charge in [0.05, 0.1) is 11.4 Å². The van der Waals surface area contributed by atoms with E-state index >= 15 is 0 Å². The number of fused-ring (bicyclic) bond motifs is 1. The van der Waals surface area contributed by atoms with Crippen LogP contribution in [-0.2, 0) is 10.0 Å². The molecule has 1 unspecified atom stereocenters. The molecule has 0 amide bonds. The highest BCUT2D eigenvalue weighted by Gasteiger charge is 2.36. The molecule has 4 rings (SSSR count). The molecule has 0 saturated heterocycles. The van der Waals surface area contributed by atoms with Gasteiger partial charge < -0.3 is 0 Å². The van der Waals surface area contributed by atoms with Crippen LogP contribution in [-0.4, -0.2) is 25.1 Å². The van der Waals surface area contributed by atoms with E-state index in [1.165, 1.54) is 6.07 Å². The summed E-state index contributed by atoms with van der Waals surface area (Å²) in [6, 6.07) is 19.2. The monoisotopic (exact) mass is 410 g/mol. The van der Waals surface area contributed by atoms with Gasteiger partial charge in [-0.3, -0.25) is 0 Å². The number of unbranched alkanes of at least 4 members (excludes halogenated alkanes) is 1. The summed E-state index contributed by atoms with van der Waals surface area (Å²) in [5.74, 6) is -0.690. The lowest BCUT2D eigenvalue weighted by Crippen LogP contribution is -2.26. The molecular formula is C23H23FN2O2S. The summed E-state index contributed by atoms with van der Waals surface area (Å²) in [4.78, 5) is 0.198. The summed E-state index contributed by atoms with van der Waals surface area (Å²) in [6.07, 6.45) is 2.49. The van der Waals surface area contributed by atoms with E-state index in [1.807, 2.05) is 24.3 Å². The maximum atomic E-state index is 14.4. The Kier molecular flexibility index (Phi) is 5.37. The smallest absolute Gasteiger partial charge is 0.207 e. The molecule has 1 aliphatic rings. The maximum Gasteiger partial charge on any atom is 0.279 e. The standard InChI is InChI=1S/C23H23FN2O2S/c1-2-3-12-23-21(20-10-6-7-11-22(20)24)16-26(25-23)29(27,28)19-14-13-17-8-4-5-9-18(17)15-19/h4-11,13-15,21H,2-3,12,16H2,1H3. The Morgan fingerprint density at radius 2 is 1.76 bits per heavy atom. The highest BCUT2D eigenvalue weighted by Crippen LogP contribution is 2.33. The van der Waals surface area contributed by atoms with Crippen LogP contribution >= 0.6 is 0 Å². The van der Waals surface area contributed by atoms with Gasteiger partial charge in [-0.15, -0.1) is 0 Å². The van der Waals surface area contributed by atoms with Crippen molar-refractivity contribution in [3.05, 3.63) is 78.1 Å². The van der Waals surface area contributed by atoms with Crippen molar-refractivity contribution in [1.29, 1.82) is 0 Å². The zero-order chi connectivity index (χ0) is 20.4. The molecule has 1 atom stereocenters. The van der Waals surface area contributed by atoms with Gasteiger partial charge in [0.1, 0.15) is 5.82 Å². The highest BCUT2D eigenvalue weighted by molar-refractivity contribution is 7.89. The first kappa shape index (κ1) is 19.6. The van der Waals surface area contributed by atoms with E-state index in [2.05, 4.69) is 12.0 Å². The molecule has 0 radical (unpaired) electrons. The van der Waals surface area contributed by atoms with Crippen molar-refractivity contribution in [3.8, 4) is 0 Å². The zero-order valence-electron chi connectivity index (χ0n) is 16.3. The Bertz CT molecular complexity index is 1170. The number of sulfonamides is 1. The average molecular weight is 411 g/mol. The lowest BCUT2D eigenvalue weighted by atomic mass is 9.92. The average Bonchev–Trinajstić information content (AvgIpc) is 3.17. The number of rotatable bonds is 6. The first-order chi connectivity index (χ1) is 14.0. The second kappa shape index (κ2) is 7.95. The molecule has 29 heavy (non-hydrogen) atoms. The highest BCUT2D eigenvalue weighted by atomic mass is 32.2. The number of nitrogens with zero attached hydrogens (tertiary/aromatic N) is 2. The predicted molar refractivity (Wildman–Crippen MR) is 114 cm³/mol. The third-order valence-corrected chi connectivity index (χ3v) is 6.98. The fourth-order valence-corrected chi connectivity index (χ4v) is 5.05. The van der Waals surface area contributed by atoms with Crippen LogP contribution in [0.1, 0.15) is 37.7 Å². The van der Waals surface area contributed by atoms with E-state index in [0.29, 0.717) is 12.0 Å². The fraction of sp³-hybridized carbons (Fsp3) is 0.261. The molecule has 1 heterocycles. The Morgan fingerprint density at radius 1 is 1.03 bits per heavy atom. The third-order valence-electron chi connectivity index (χ3n) is 5.34. The molecule has 6 heteroatoms. The van der Waals surface area contributed by atoms with Gasteiger partial charge in [-0.05, 0) is 47.4 Å². The molecule has 0 saturated carbocycles. The van der Waals surface area contributed by atoms with Crippen molar-refractivity contribution in [1.82, 2.24) is 4.41 Å². The van der Waals surface area contributed by atoms with Crippen LogP contribution in [0.25, 0.3) is 10.8 Å². The molecule has 0 bridgehead atoms. The minimum atomic E-state index is -3.82. The number of benzene rings is 3. The lowest BCUT2D eigenvalue weighted by Gasteiger charge is -2.17. The Hall–Kier alpha value is -2.73. The molecule has 4 nitrogen and oxygen atoms in total. The van der Waals surface area contributed by atoms with Gasteiger partial charge in [0.2, 0.25) is 0 Å². The van der Waals surface area contributed by atoms with E-state index in [-0.39, 0.29) is 23.2 Å². The quantitative estimate of drug-likeness (QED) is 0.553. The lowest BCUT2D eigenvalue weighted by molar-refractivity contribution is 0.448. The van der Waals surface area contributed by atoms with Gasteiger partial charge in [0.15, 0.2) is 0 Å². The van der Waals surface area contributed by atoms with E-state index < -0.39 is 10.0 Å². The summed E-state index contributed by atoms with van der Waals surface area (Å²) in [6.45, 7) is 2.19. The van der Waals surface area contributed by atoms with Gasteiger partial charge >= 0.3 is 0 Å². The van der Waals surface area contributed by atoms with Crippen molar-refractivity contribution in [2.24, 2.45) is 5.10 Å². The van der Waals surface area contributed by atoms with Gasteiger partial charge in [0.25, 0.3) is 10.0 Å². The number of halogens is 1. The van der Waals surface area contributed by atoms with Crippen molar-refractivity contribution in [2.75, 3.05) is 6.54 Å². The molecule has 0 aliphatic carbocycles. The van der Waals surface area contributed by atoms with Crippen LogP contribution in [0.15, 0.2) is 76.7 Å². The third kappa shape index (κ3) is 3.77. The van der Waals surface area contributed by atoms with E-state index in [1.54, 1.807) is 36.4 Å². The predicted octanol–water partition coefficient (Wildman–Crippen LogP) is 5.31. The van der Waals surface area contributed by atoms with Gasteiger partial charge in [-0.25, -0.2) is 4.39 Å². The normalized spacial score (nSPS) is 17.0. The first-order valence-corrected chi connectivity index (χ1v) is 11.3. The molecule has 0 spiro atoms. The maximum absolute atomic E-state index is 14.4. The van der Waals surface area contributed by atoms with Gasteiger partial charge in [-0.2, -0.15) is 17.9 Å². The zero-order valence-corrected chi connectivity index (χ0v) is 17.1. The fourth-order valence-electron chi connectivity index (χ4n) is 3.73. The molecule has 3 aromatic carbocycles. The summed E-state index contributed by atoms with van der Waals surface area (Å²) < 4.78 is 42.1. The number of hydrogen-bond donors (Lipinski definition) is 0. The van der Waals surface area contributed by atoms with Crippen molar-refractivity contribution < 1.29 is 12.8 Å². The SMILES string of the molecule is CCCCC1=NN(S(=O)(=O)c2ccc3ccccc3c2)CC1c1ccccc1F. The van der Waals surface area contributed by atoms with Crippen LogP contribution in [0, 0.1) is 5.82 Å². The molecule has 0 N–H and O–H groups in total. The van der Waals surface area contributed by atoms with Crippen LogP contribution in [0.3, 0.4) is 0 Å². The largest absolute Gasteiger partial charge is 0.279 e. The Labute approximate surface area is 170 Å². The van der Waals surface area contributed by atoms with E-state index in [0.717, 1.165) is 33.7 Å². The molecule has 3 aromatic rings.